The van der Waals surface area contributed by atoms with E-state index < -0.39 is 19.8 Å². The molecule has 3 aromatic rings. The summed E-state index contributed by atoms with van der Waals surface area (Å²) in [6, 6.07) is 19.9. The zero-order valence-corrected chi connectivity index (χ0v) is 27.7. The molecular weight excluding hydrogens is 600 g/mol. The fourth-order valence-corrected chi connectivity index (χ4v) is 11.9. The monoisotopic (exact) mass is 642 g/mol. The minimum Gasteiger partial charge on any atom is -0.497 e. The molecule has 2 saturated heterocycles. The Morgan fingerprint density at radius 1 is 1.13 bits per heavy atom. The number of carbonyl (C=O) groups is 3. The number of methoxy groups -OCH3 is 1. The average molecular weight is 643 g/mol. The lowest BCUT2D eigenvalue weighted by molar-refractivity contribution is -0.148. The highest BCUT2D eigenvalue weighted by Gasteiger charge is 2.65. The molecule has 1 spiro atoms. The van der Waals surface area contributed by atoms with E-state index in [0.29, 0.717) is 34.7 Å². The number of benzene rings is 3. The van der Waals surface area contributed by atoms with E-state index in [1.54, 1.807) is 48.4 Å². The highest BCUT2D eigenvalue weighted by molar-refractivity contribution is 6.91. The summed E-state index contributed by atoms with van der Waals surface area (Å²) in [5, 5.41) is 17.1. The number of hydrogen-bond donors (Lipinski definition) is 4. The number of nitrogens with one attached hydrogen (secondary N) is 2. The topological polar surface area (TPSA) is 143 Å². The number of nitrogens with two attached hydrogens (primary N) is 1. The van der Waals surface area contributed by atoms with E-state index in [0.717, 1.165) is 18.6 Å². The number of aliphatic hydroxyl groups excluding tert-OH is 1. The molecule has 3 amide bonds. The number of nitrogen functional groups attached to an aromatic ring is 1. The molecule has 0 unspecified atom stereocenters. The van der Waals surface area contributed by atoms with Crippen LogP contribution in [0.2, 0.25) is 18.6 Å². The Labute approximate surface area is 270 Å². The molecule has 0 radical (unpaired) electrons. The molecule has 3 aliphatic rings. The Bertz CT molecular complexity index is 1650. The first-order valence-corrected chi connectivity index (χ1v) is 18.9. The van der Waals surface area contributed by atoms with Crippen molar-refractivity contribution in [3.8, 4) is 5.75 Å². The summed E-state index contributed by atoms with van der Waals surface area (Å²) in [6.45, 7) is 7.10. The van der Waals surface area contributed by atoms with Gasteiger partial charge in [0.25, 0.3) is 11.8 Å². The fraction of sp³-hybridized carbons (Fsp3) is 0.400. The van der Waals surface area contributed by atoms with Gasteiger partial charge in [-0.15, -0.1) is 0 Å². The molecular formula is C35H42N4O6Si. The largest absolute Gasteiger partial charge is 0.497 e. The van der Waals surface area contributed by atoms with E-state index in [-0.39, 0.29) is 48.3 Å². The minimum absolute atomic E-state index is 0.0709. The van der Waals surface area contributed by atoms with Crippen LogP contribution in [-0.2, 0) is 19.9 Å². The van der Waals surface area contributed by atoms with Gasteiger partial charge >= 0.3 is 0 Å². The lowest BCUT2D eigenvalue weighted by Crippen LogP contribution is -2.52. The Morgan fingerprint density at radius 3 is 2.52 bits per heavy atom. The number of ether oxygens (including phenoxy) is 2. The van der Waals surface area contributed by atoms with Gasteiger partial charge in [0.1, 0.15) is 5.75 Å². The third-order valence-electron chi connectivity index (χ3n) is 10.3. The van der Waals surface area contributed by atoms with Gasteiger partial charge in [0.2, 0.25) is 5.91 Å². The van der Waals surface area contributed by atoms with Crippen LogP contribution in [-0.4, -0.2) is 68.2 Å². The van der Waals surface area contributed by atoms with E-state index >= 15 is 0 Å². The maximum Gasteiger partial charge on any atom is 0.261 e. The van der Waals surface area contributed by atoms with Crippen molar-refractivity contribution >= 4 is 48.0 Å². The molecule has 5 atom stereocenters. The smallest absolute Gasteiger partial charge is 0.261 e. The third kappa shape index (κ3) is 5.35. The molecule has 5 N–H and O–H groups in total. The quantitative estimate of drug-likeness (QED) is 0.214. The predicted molar refractivity (Wildman–Crippen MR) is 180 cm³/mol. The number of amides is 3. The average Bonchev–Trinajstić information content (AvgIpc) is 3.72. The SMILES string of the molecule is COc1ccc([Si](C)(C)[C@H]2[C@H](CC(=O)N3CCC[C@H]3CO)O[C@@]3(C(=O)Nc4ccc(NC(=O)c5ccc(N)cc5)cc43)[C@@H]2C)cc1. The van der Waals surface area contributed by atoms with Crippen molar-refractivity contribution in [2.24, 2.45) is 5.92 Å². The summed E-state index contributed by atoms with van der Waals surface area (Å²) in [4.78, 5) is 42.7. The molecule has 6 rings (SSSR count). The number of fused-ring (bicyclic) bond motifs is 2. The lowest BCUT2D eigenvalue weighted by atomic mass is 9.82. The van der Waals surface area contributed by atoms with Crippen molar-refractivity contribution in [1.82, 2.24) is 4.90 Å². The van der Waals surface area contributed by atoms with Crippen LogP contribution in [0.5, 0.6) is 5.75 Å². The molecule has 0 bridgehead atoms. The van der Waals surface area contributed by atoms with Gasteiger partial charge in [0.15, 0.2) is 5.60 Å². The molecule has 11 heteroatoms. The van der Waals surface area contributed by atoms with Gasteiger partial charge in [0, 0.05) is 40.7 Å². The van der Waals surface area contributed by atoms with E-state index in [9.17, 15) is 19.5 Å². The summed E-state index contributed by atoms with van der Waals surface area (Å²) in [7, 11) is -0.798. The number of rotatable bonds is 8. The molecule has 0 aliphatic carbocycles. The Balaban J connectivity index is 1.38. The second kappa shape index (κ2) is 12.2. The Morgan fingerprint density at radius 2 is 1.85 bits per heavy atom. The van der Waals surface area contributed by atoms with E-state index in [2.05, 4.69) is 35.9 Å². The third-order valence-corrected chi connectivity index (χ3v) is 14.7. The molecule has 46 heavy (non-hydrogen) atoms. The Hall–Kier alpha value is -4.19. The summed E-state index contributed by atoms with van der Waals surface area (Å²) in [6.07, 6.45) is 1.18. The van der Waals surface area contributed by atoms with Gasteiger partial charge in [-0.2, -0.15) is 0 Å². The van der Waals surface area contributed by atoms with Crippen molar-refractivity contribution in [2.45, 2.75) is 62.6 Å². The van der Waals surface area contributed by atoms with E-state index in [1.165, 1.54) is 5.19 Å². The number of nitrogens with zero attached hydrogens (tertiary/aromatic N) is 1. The molecule has 10 nitrogen and oxygen atoms in total. The second-order valence-corrected chi connectivity index (χ2v) is 17.9. The summed E-state index contributed by atoms with van der Waals surface area (Å²) in [5.74, 6) is -0.186. The van der Waals surface area contributed by atoms with Crippen LogP contribution >= 0.6 is 0 Å². The van der Waals surface area contributed by atoms with E-state index in [1.807, 2.05) is 25.1 Å². The molecule has 0 aromatic heterocycles. The van der Waals surface area contributed by atoms with Gasteiger partial charge < -0.3 is 35.8 Å². The number of anilines is 3. The van der Waals surface area contributed by atoms with Gasteiger partial charge in [-0.3, -0.25) is 14.4 Å². The maximum absolute atomic E-state index is 14.1. The molecule has 242 valence electrons. The van der Waals surface area contributed by atoms with Crippen LogP contribution in [0.15, 0.2) is 66.7 Å². The fourth-order valence-electron chi connectivity index (χ4n) is 7.89. The zero-order chi connectivity index (χ0) is 32.8. The molecule has 3 aliphatic heterocycles. The minimum atomic E-state index is -2.43. The first-order chi connectivity index (χ1) is 22.0. The van der Waals surface area contributed by atoms with Gasteiger partial charge in [-0.25, -0.2) is 0 Å². The van der Waals surface area contributed by atoms with Gasteiger partial charge in [-0.05, 0) is 73.0 Å². The number of hydrogen-bond acceptors (Lipinski definition) is 7. The van der Waals surface area contributed by atoms with Crippen molar-refractivity contribution in [3.05, 3.63) is 77.9 Å². The molecule has 3 aromatic carbocycles. The van der Waals surface area contributed by atoms with Crippen molar-refractivity contribution in [3.63, 3.8) is 0 Å². The number of carbonyl (C=O) groups excluding carboxylic acids is 3. The van der Waals surface area contributed by atoms with Crippen LogP contribution < -0.4 is 26.3 Å². The first kappa shape index (κ1) is 31.8. The van der Waals surface area contributed by atoms with Gasteiger partial charge in [-0.1, -0.05) is 37.3 Å². The van der Waals surface area contributed by atoms with Crippen LogP contribution in [0, 0.1) is 5.92 Å². The van der Waals surface area contributed by atoms with Crippen LogP contribution in [0.25, 0.3) is 0 Å². The highest BCUT2D eigenvalue weighted by atomic mass is 28.3. The zero-order valence-electron chi connectivity index (χ0n) is 26.7. The second-order valence-electron chi connectivity index (χ2n) is 13.2. The van der Waals surface area contributed by atoms with Gasteiger partial charge in [0.05, 0.1) is 40.4 Å². The molecule has 0 saturated carbocycles. The highest BCUT2D eigenvalue weighted by Crippen LogP contribution is 2.59. The summed E-state index contributed by atoms with van der Waals surface area (Å²) < 4.78 is 12.4. The first-order valence-electron chi connectivity index (χ1n) is 15.8. The van der Waals surface area contributed by atoms with E-state index in [4.69, 9.17) is 15.2 Å². The predicted octanol–water partition coefficient (Wildman–Crippen LogP) is 4.07. The van der Waals surface area contributed by atoms with Crippen molar-refractivity contribution in [1.29, 1.82) is 0 Å². The number of likely N-dealkylation sites (tertiary alicyclic amines) is 1. The summed E-state index contributed by atoms with van der Waals surface area (Å²) >= 11 is 0. The number of aliphatic hydroxyl groups is 1. The van der Waals surface area contributed by atoms with Crippen molar-refractivity contribution < 1.29 is 29.0 Å². The van der Waals surface area contributed by atoms with Crippen LogP contribution in [0.3, 0.4) is 0 Å². The van der Waals surface area contributed by atoms with Crippen LogP contribution in [0.4, 0.5) is 17.1 Å². The lowest BCUT2D eigenvalue weighted by Gasteiger charge is -2.37. The summed E-state index contributed by atoms with van der Waals surface area (Å²) in [5.41, 5.74) is 7.13. The standard InChI is InChI=1S/C35H42N4O6Si/c1-21-32(46(3,4)27-14-12-26(44-2)13-15-27)30(19-31(41)39-17-5-6-25(39)20-40)45-35(21)28-18-24(11-16-29(28)38-34(35)43)37-33(42)22-7-9-23(36)10-8-22/h7-16,18,21,25,30,32,40H,5-6,17,19-20,36H2,1-4H3,(H,37,42)(H,38,43)/t21-,25+,30+,32-,35+/m1/s1. The molecule has 3 heterocycles. The van der Waals surface area contributed by atoms with Crippen LogP contribution in [0.1, 0.15) is 42.1 Å². The normalized spacial score (nSPS) is 25.4. The van der Waals surface area contributed by atoms with Crippen molar-refractivity contribution in [2.75, 3.05) is 36.6 Å². The maximum atomic E-state index is 14.1. The Kier molecular flexibility index (Phi) is 8.43. The molecule has 2 fully saturated rings.